The number of hydrogen-bond donors (Lipinski definition) is 1. The van der Waals surface area contributed by atoms with Gasteiger partial charge in [-0.2, -0.15) is 0 Å². The maximum Gasteiger partial charge on any atom is 0.0618 e. The van der Waals surface area contributed by atoms with Crippen molar-refractivity contribution in [3.8, 4) is 0 Å². The van der Waals surface area contributed by atoms with Crippen molar-refractivity contribution < 1.29 is 8.95 Å². The van der Waals surface area contributed by atoms with Crippen molar-refractivity contribution in [2.75, 3.05) is 24.7 Å². The summed E-state index contributed by atoms with van der Waals surface area (Å²) in [7, 11) is -1.07. The topological polar surface area (TPSA) is 52.3 Å². The Morgan fingerprint density at radius 3 is 2.88 bits per heavy atom. The van der Waals surface area contributed by atoms with E-state index in [1.54, 1.807) is 18.2 Å². The SMILES string of the molecule is CCOCCCS(=O)c1ccc(Cl)cc1N. The molecule has 0 aliphatic rings. The van der Waals surface area contributed by atoms with Crippen LogP contribution in [0.3, 0.4) is 0 Å². The molecule has 3 nitrogen and oxygen atoms in total. The van der Waals surface area contributed by atoms with Crippen LogP contribution in [0.4, 0.5) is 5.69 Å². The van der Waals surface area contributed by atoms with Crippen LogP contribution in [0, 0.1) is 0 Å². The number of benzene rings is 1. The quantitative estimate of drug-likeness (QED) is 0.632. The van der Waals surface area contributed by atoms with E-state index in [2.05, 4.69) is 0 Å². The largest absolute Gasteiger partial charge is 0.398 e. The zero-order valence-electron chi connectivity index (χ0n) is 9.24. The molecule has 1 unspecified atom stereocenters. The highest BCUT2D eigenvalue weighted by atomic mass is 35.5. The van der Waals surface area contributed by atoms with Gasteiger partial charge in [0.15, 0.2) is 0 Å². The maximum absolute atomic E-state index is 11.9. The molecule has 0 saturated carbocycles. The van der Waals surface area contributed by atoms with Crippen LogP contribution >= 0.6 is 11.6 Å². The van der Waals surface area contributed by atoms with Gasteiger partial charge in [-0.3, -0.25) is 4.21 Å². The van der Waals surface area contributed by atoms with Crippen molar-refractivity contribution in [2.24, 2.45) is 0 Å². The van der Waals surface area contributed by atoms with Crippen molar-refractivity contribution in [3.05, 3.63) is 23.2 Å². The molecule has 0 radical (unpaired) electrons. The molecule has 1 atom stereocenters. The van der Waals surface area contributed by atoms with Crippen LogP contribution in [0.15, 0.2) is 23.1 Å². The third-order valence-corrected chi connectivity index (χ3v) is 3.80. The van der Waals surface area contributed by atoms with Gasteiger partial charge in [-0.1, -0.05) is 11.6 Å². The summed E-state index contributed by atoms with van der Waals surface area (Å²) in [4.78, 5) is 0.654. The third-order valence-electron chi connectivity index (χ3n) is 2.04. The minimum atomic E-state index is -1.07. The molecule has 0 spiro atoms. The third kappa shape index (κ3) is 4.12. The smallest absolute Gasteiger partial charge is 0.0618 e. The molecular weight excluding hydrogens is 246 g/mol. The number of nitrogen functional groups attached to an aromatic ring is 1. The molecule has 0 saturated heterocycles. The van der Waals surface area contributed by atoms with Crippen LogP contribution in [0.2, 0.25) is 5.02 Å². The summed E-state index contributed by atoms with van der Waals surface area (Å²) in [5.74, 6) is 0.561. The second-order valence-corrected chi connectivity index (χ2v) is 5.26. The first-order valence-electron chi connectivity index (χ1n) is 5.16. The van der Waals surface area contributed by atoms with Crippen LogP contribution in [0.5, 0.6) is 0 Å². The van der Waals surface area contributed by atoms with Crippen LogP contribution in [-0.2, 0) is 15.5 Å². The first-order valence-corrected chi connectivity index (χ1v) is 6.86. The molecule has 5 heteroatoms. The number of rotatable bonds is 6. The summed E-state index contributed by atoms with van der Waals surface area (Å²) in [5, 5.41) is 0.563. The summed E-state index contributed by atoms with van der Waals surface area (Å²) in [5.41, 5.74) is 6.23. The monoisotopic (exact) mass is 261 g/mol. The molecule has 0 bridgehead atoms. The van der Waals surface area contributed by atoms with Gasteiger partial charge in [0, 0.05) is 29.7 Å². The predicted octanol–water partition coefficient (Wildman–Crippen LogP) is 2.46. The van der Waals surface area contributed by atoms with Crippen molar-refractivity contribution >= 4 is 28.1 Å². The fourth-order valence-corrected chi connectivity index (χ4v) is 2.60. The van der Waals surface area contributed by atoms with Crippen molar-refractivity contribution in [2.45, 2.75) is 18.2 Å². The molecule has 0 aromatic heterocycles. The lowest BCUT2D eigenvalue weighted by atomic mass is 10.3. The molecule has 0 heterocycles. The van der Waals surface area contributed by atoms with Gasteiger partial charge in [0.25, 0.3) is 0 Å². The number of halogens is 1. The van der Waals surface area contributed by atoms with Crippen molar-refractivity contribution in [1.82, 2.24) is 0 Å². The molecule has 0 aliphatic carbocycles. The van der Waals surface area contributed by atoms with Crippen LogP contribution in [0.1, 0.15) is 13.3 Å². The van der Waals surface area contributed by atoms with Gasteiger partial charge >= 0.3 is 0 Å². The number of nitrogens with two attached hydrogens (primary N) is 1. The van der Waals surface area contributed by atoms with E-state index in [-0.39, 0.29) is 0 Å². The summed E-state index contributed by atoms with van der Waals surface area (Å²) in [6.07, 6.45) is 0.766. The van der Waals surface area contributed by atoms with Gasteiger partial charge in [-0.25, -0.2) is 0 Å². The highest BCUT2D eigenvalue weighted by Crippen LogP contribution is 2.21. The van der Waals surface area contributed by atoms with E-state index in [0.29, 0.717) is 34.6 Å². The number of anilines is 1. The number of hydrogen-bond acceptors (Lipinski definition) is 3. The molecule has 1 aromatic rings. The molecule has 0 fully saturated rings. The summed E-state index contributed by atoms with van der Waals surface area (Å²) in [6, 6.07) is 5.04. The second-order valence-electron chi connectivity index (χ2n) is 3.28. The minimum absolute atomic E-state index is 0.488. The van der Waals surface area contributed by atoms with Crippen LogP contribution in [0.25, 0.3) is 0 Å². The molecule has 1 rings (SSSR count). The van der Waals surface area contributed by atoms with Gasteiger partial charge in [0.05, 0.1) is 15.7 Å². The van der Waals surface area contributed by atoms with Crippen LogP contribution < -0.4 is 5.73 Å². The fraction of sp³-hybridized carbons (Fsp3) is 0.455. The lowest BCUT2D eigenvalue weighted by molar-refractivity contribution is 0.149. The zero-order chi connectivity index (χ0) is 12.0. The average Bonchev–Trinajstić information content (AvgIpc) is 2.24. The Morgan fingerprint density at radius 2 is 2.25 bits per heavy atom. The van der Waals surface area contributed by atoms with Gasteiger partial charge in [0.2, 0.25) is 0 Å². The van der Waals surface area contributed by atoms with Gasteiger partial charge < -0.3 is 10.5 Å². The second kappa shape index (κ2) is 6.89. The Hall–Kier alpha value is -0.580. The summed E-state index contributed by atoms with van der Waals surface area (Å²) >= 11 is 5.77. The lowest BCUT2D eigenvalue weighted by Crippen LogP contribution is -2.05. The zero-order valence-corrected chi connectivity index (χ0v) is 10.8. The Morgan fingerprint density at radius 1 is 1.50 bits per heavy atom. The van der Waals surface area contributed by atoms with Gasteiger partial charge in [-0.15, -0.1) is 0 Å². The molecule has 1 aromatic carbocycles. The van der Waals surface area contributed by atoms with E-state index in [1.807, 2.05) is 6.92 Å². The highest BCUT2D eigenvalue weighted by molar-refractivity contribution is 7.85. The maximum atomic E-state index is 11.9. The standard InChI is InChI=1S/C11H16ClNO2S/c1-2-15-6-3-7-16(14)11-5-4-9(12)8-10(11)13/h4-5,8H,2-3,6-7,13H2,1H3. The summed E-state index contributed by atoms with van der Waals surface area (Å²) in [6.45, 7) is 3.26. The number of ether oxygens (including phenoxy) is 1. The Kier molecular flexibility index (Phi) is 5.80. The summed E-state index contributed by atoms with van der Waals surface area (Å²) < 4.78 is 17.1. The lowest BCUT2D eigenvalue weighted by Gasteiger charge is -2.06. The van der Waals surface area contributed by atoms with E-state index in [1.165, 1.54) is 0 Å². The molecule has 2 N–H and O–H groups in total. The average molecular weight is 262 g/mol. The normalized spacial score (nSPS) is 12.6. The minimum Gasteiger partial charge on any atom is -0.398 e. The van der Waals surface area contributed by atoms with E-state index < -0.39 is 10.8 Å². The van der Waals surface area contributed by atoms with Gasteiger partial charge in [-0.05, 0) is 31.5 Å². The molecule has 0 amide bonds. The Balaban J connectivity index is 2.53. The van der Waals surface area contributed by atoms with Crippen molar-refractivity contribution in [3.63, 3.8) is 0 Å². The van der Waals surface area contributed by atoms with E-state index in [9.17, 15) is 4.21 Å². The predicted molar refractivity (Wildman–Crippen MR) is 68.2 cm³/mol. The molecule has 90 valence electrons. The Bertz CT molecular complexity index is 371. The van der Waals surface area contributed by atoms with E-state index in [4.69, 9.17) is 22.1 Å². The van der Waals surface area contributed by atoms with Crippen molar-refractivity contribution in [1.29, 1.82) is 0 Å². The first-order chi connectivity index (χ1) is 7.65. The van der Waals surface area contributed by atoms with Gasteiger partial charge in [0.1, 0.15) is 0 Å². The van der Waals surface area contributed by atoms with Crippen LogP contribution in [-0.4, -0.2) is 23.2 Å². The Labute approximate surface area is 103 Å². The highest BCUT2D eigenvalue weighted by Gasteiger charge is 2.07. The van der Waals surface area contributed by atoms with E-state index in [0.717, 1.165) is 6.42 Å². The molecule has 16 heavy (non-hydrogen) atoms. The molecule has 0 aliphatic heterocycles. The molecular formula is C11H16ClNO2S. The first kappa shape index (κ1) is 13.5. The van der Waals surface area contributed by atoms with E-state index >= 15 is 0 Å². The fourth-order valence-electron chi connectivity index (χ4n) is 1.27.